The maximum Gasteiger partial charge on any atom is 0.113 e. The van der Waals surface area contributed by atoms with Gasteiger partial charge in [-0.3, -0.25) is 0 Å². The summed E-state index contributed by atoms with van der Waals surface area (Å²) in [6.45, 7) is 3.95. The van der Waals surface area contributed by atoms with Gasteiger partial charge in [0, 0.05) is 43.0 Å². The van der Waals surface area contributed by atoms with Crippen molar-refractivity contribution in [2.75, 3.05) is 0 Å². The van der Waals surface area contributed by atoms with E-state index in [9.17, 15) is 0 Å². The Bertz CT molecular complexity index is 587. The fraction of sp³-hybridized carbons (Fsp3) is 0.438. The first-order valence-electron chi connectivity index (χ1n) is 7.27. The zero-order valence-corrected chi connectivity index (χ0v) is 12.5. The third-order valence-electron chi connectivity index (χ3n) is 3.77. The lowest BCUT2D eigenvalue weighted by atomic mass is 10.1. The van der Waals surface area contributed by atoms with Gasteiger partial charge >= 0.3 is 0 Å². The lowest BCUT2D eigenvalue weighted by Gasteiger charge is -2.09. The Kier molecular flexibility index (Phi) is 4.08. The van der Waals surface area contributed by atoms with Crippen LogP contribution in [0.2, 0.25) is 5.02 Å². The van der Waals surface area contributed by atoms with Crippen molar-refractivity contribution in [3.05, 3.63) is 52.6 Å². The average molecular weight is 290 g/mol. The van der Waals surface area contributed by atoms with Gasteiger partial charge in [0.15, 0.2) is 0 Å². The molecule has 2 aromatic rings. The number of halogens is 1. The van der Waals surface area contributed by atoms with E-state index < -0.39 is 0 Å². The molecular formula is C16H20ClN3. The van der Waals surface area contributed by atoms with Gasteiger partial charge in [-0.05, 0) is 37.0 Å². The van der Waals surface area contributed by atoms with Crippen molar-refractivity contribution in [1.29, 1.82) is 0 Å². The van der Waals surface area contributed by atoms with Crippen LogP contribution in [0.4, 0.5) is 0 Å². The molecule has 1 aromatic carbocycles. The van der Waals surface area contributed by atoms with Crippen molar-refractivity contribution < 1.29 is 0 Å². The number of nitrogens with zero attached hydrogens (tertiary/aromatic N) is 2. The monoisotopic (exact) mass is 289 g/mol. The van der Waals surface area contributed by atoms with E-state index in [1.165, 1.54) is 24.0 Å². The van der Waals surface area contributed by atoms with Gasteiger partial charge in [0.2, 0.25) is 0 Å². The topological polar surface area (TPSA) is 29.9 Å². The van der Waals surface area contributed by atoms with Crippen LogP contribution >= 0.6 is 11.6 Å². The number of nitrogens with one attached hydrogen (secondary N) is 1. The predicted molar refractivity (Wildman–Crippen MR) is 82.0 cm³/mol. The zero-order valence-electron chi connectivity index (χ0n) is 11.8. The number of benzene rings is 1. The summed E-state index contributed by atoms with van der Waals surface area (Å²) >= 11 is 6.28. The summed E-state index contributed by atoms with van der Waals surface area (Å²) in [5, 5.41) is 4.36. The van der Waals surface area contributed by atoms with Gasteiger partial charge in [0.1, 0.15) is 5.82 Å². The molecule has 0 bridgehead atoms. The van der Waals surface area contributed by atoms with Gasteiger partial charge in [0.25, 0.3) is 0 Å². The smallest absolute Gasteiger partial charge is 0.113 e. The third kappa shape index (κ3) is 3.22. The molecule has 20 heavy (non-hydrogen) atoms. The Balaban J connectivity index is 1.73. The summed E-state index contributed by atoms with van der Waals surface area (Å²) in [4.78, 5) is 4.43. The van der Waals surface area contributed by atoms with Crippen LogP contribution in [0.3, 0.4) is 0 Å². The van der Waals surface area contributed by atoms with Crippen LogP contribution in [0.1, 0.15) is 36.7 Å². The molecule has 0 radical (unpaired) electrons. The van der Waals surface area contributed by atoms with Gasteiger partial charge in [-0.2, -0.15) is 0 Å². The SMILES string of the molecule is CCn1ccnc1Cc1ccc(Cl)c(CNC2CC2)c1. The quantitative estimate of drug-likeness (QED) is 0.883. The Hall–Kier alpha value is -1.32. The predicted octanol–water partition coefficient (Wildman–Crippen LogP) is 3.40. The summed E-state index contributed by atoms with van der Waals surface area (Å²) in [6, 6.07) is 7.00. The normalized spacial score (nSPS) is 14.7. The minimum absolute atomic E-state index is 0.703. The van der Waals surface area contributed by atoms with E-state index >= 15 is 0 Å². The van der Waals surface area contributed by atoms with Crippen LogP contribution in [0.5, 0.6) is 0 Å². The number of aromatic nitrogens is 2. The van der Waals surface area contributed by atoms with Crippen molar-refractivity contribution >= 4 is 11.6 Å². The van der Waals surface area contributed by atoms with Crippen molar-refractivity contribution in [2.45, 2.75) is 45.3 Å². The molecule has 1 saturated carbocycles. The Morgan fingerprint density at radius 1 is 1.40 bits per heavy atom. The minimum Gasteiger partial charge on any atom is -0.335 e. The minimum atomic E-state index is 0.703. The number of hydrogen-bond acceptors (Lipinski definition) is 2. The van der Waals surface area contributed by atoms with Crippen LogP contribution in [0.15, 0.2) is 30.6 Å². The van der Waals surface area contributed by atoms with E-state index in [0.29, 0.717) is 6.04 Å². The maximum atomic E-state index is 6.28. The molecule has 0 saturated heterocycles. The second kappa shape index (κ2) is 5.98. The lowest BCUT2D eigenvalue weighted by molar-refractivity contribution is 0.686. The fourth-order valence-corrected chi connectivity index (χ4v) is 2.58. The number of rotatable bonds is 6. The van der Waals surface area contributed by atoms with Gasteiger partial charge in [0.05, 0.1) is 0 Å². The molecule has 1 aliphatic rings. The molecule has 1 N–H and O–H groups in total. The van der Waals surface area contributed by atoms with Crippen LogP contribution < -0.4 is 5.32 Å². The summed E-state index contributed by atoms with van der Waals surface area (Å²) in [5.41, 5.74) is 2.45. The molecule has 1 heterocycles. The number of aryl methyl sites for hydroxylation is 1. The van der Waals surface area contributed by atoms with E-state index in [2.05, 4.69) is 33.9 Å². The summed E-state index contributed by atoms with van der Waals surface area (Å²) in [5.74, 6) is 1.11. The van der Waals surface area contributed by atoms with E-state index in [1.54, 1.807) is 0 Å². The van der Waals surface area contributed by atoms with Crippen LogP contribution in [0, 0.1) is 0 Å². The Morgan fingerprint density at radius 3 is 3.00 bits per heavy atom. The van der Waals surface area contributed by atoms with Crippen LogP contribution in [-0.4, -0.2) is 15.6 Å². The molecule has 0 aliphatic heterocycles. The zero-order chi connectivity index (χ0) is 13.9. The van der Waals surface area contributed by atoms with Crippen molar-refractivity contribution in [1.82, 2.24) is 14.9 Å². The lowest BCUT2D eigenvalue weighted by Crippen LogP contribution is -2.15. The first-order valence-corrected chi connectivity index (χ1v) is 7.64. The van der Waals surface area contributed by atoms with Crippen LogP contribution in [-0.2, 0) is 19.5 Å². The van der Waals surface area contributed by atoms with Crippen molar-refractivity contribution in [2.24, 2.45) is 0 Å². The van der Waals surface area contributed by atoms with Gasteiger partial charge in [-0.1, -0.05) is 23.7 Å². The molecular weight excluding hydrogens is 270 g/mol. The van der Waals surface area contributed by atoms with E-state index in [0.717, 1.165) is 30.4 Å². The van der Waals surface area contributed by atoms with Crippen LogP contribution in [0.25, 0.3) is 0 Å². The highest BCUT2D eigenvalue weighted by molar-refractivity contribution is 6.31. The first-order chi connectivity index (χ1) is 9.76. The fourth-order valence-electron chi connectivity index (χ4n) is 2.39. The second-order valence-electron chi connectivity index (χ2n) is 5.39. The summed E-state index contributed by atoms with van der Waals surface area (Å²) in [6.07, 6.45) is 7.34. The largest absolute Gasteiger partial charge is 0.335 e. The molecule has 0 unspecified atom stereocenters. The molecule has 1 aromatic heterocycles. The number of hydrogen-bond donors (Lipinski definition) is 1. The summed E-state index contributed by atoms with van der Waals surface area (Å²) < 4.78 is 2.18. The summed E-state index contributed by atoms with van der Waals surface area (Å²) in [7, 11) is 0. The van der Waals surface area contributed by atoms with E-state index in [4.69, 9.17) is 11.6 Å². The highest BCUT2D eigenvalue weighted by Gasteiger charge is 2.20. The third-order valence-corrected chi connectivity index (χ3v) is 4.14. The van der Waals surface area contributed by atoms with Gasteiger partial charge in [-0.15, -0.1) is 0 Å². The molecule has 106 valence electrons. The molecule has 3 rings (SSSR count). The maximum absolute atomic E-state index is 6.28. The van der Waals surface area contributed by atoms with Gasteiger partial charge < -0.3 is 9.88 Å². The highest BCUT2D eigenvalue weighted by Crippen LogP contribution is 2.23. The Labute approximate surface area is 125 Å². The number of imidazole rings is 1. The highest BCUT2D eigenvalue weighted by atomic mass is 35.5. The van der Waals surface area contributed by atoms with Crippen molar-refractivity contribution in [3.8, 4) is 0 Å². The van der Waals surface area contributed by atoms with E-state index in [1.807, 2.05) is 18.5 Å². The second-order valence-corrected chi connectivity index (χ2v) is 5.79. The molecule has 1 fully saturated rings. The molecule has 4 heteroatoms. The molecule has 0 amide bonds. The first kappa shape index (κ1) is 13.7. The standard InChI is InChI=1S/C16H20ClN3/c1-2-20-8-7-18-16(20)10-12-3-6-15(17)13(9-12)11-19-14-4-5-14/h3,6-9,14,19H,2,4-5,10-11H2,1H3. The van der Waals surface area contributed by atoms with Crippen molar-refractivity contribution in [3.63, 3.8) is 0 Å². The van der Waals surface area contributed by atoms with Gasteiger partial charge in [-0.25, -0.2) is 4.98 Å². The Morgan fingerprint density at radius 2 is 2.25 bits per heavy atom. The molecule has 3 nitrogen and oxygen atoms in total. The van der Waals surface area contributed by atoms with E-state index in [-0.39, 0.29) is 0 Å². The molecule has 1 aliphatic carbocycles. The molecule has 0 spiro atoms. The average Bonchev–Trinajstić information content (AvgIpc) is 3.18. The molecule has 0 atom stereocenters.